The number of pyridine rings is 1. The van der Waals surface area contributed by atoms with Crippen LogP contribution in [0.3, 0.4) is 0 Å². The van der Waals surface area contributed by atoms with Crippen LogP contribution >= 0.6 is 0 Å². The molecule has 6 nitrogen and oxygen atoms in total. The number of carbonyl (C=O) groups is 1. The molecule has 0 spiro atoms. The Morgan fingerprint density at radius 2 is 2.30 bits per heavy atom. The summed E-state index contributed by atoms with van der Waals surface area (Å²) in [5.41, 5.74) is 0.869. The molecule has 2 N–H and O–H groups in total. The number of hydrogen-bond donors (Lipinski definition) is 2. The summed E-state index contributed by atoms with van der Waals surface area (Å²) in [5.74, 6) is 0.0366. The molecule has 2 rings (SSSR count). The van der Waals surface area contributed by atoms with E-state index in [2.05, 4.69) is 27.0 Å². The minimum absolute atomic E-state index is 0.0366. The van der Waals surface area contributed by atoms with Crippen molar-refractivity contribution in [2.24, 2.45) is 0 Å². The Kier molecular flexibility index (Phi) is 6.95. The van der Waals surface area contributed by atoms with Crippen LogP contribution in [0.25, 0.3) is 0 Å². The molecule has 0 unspecified atom stereocenters. The molecule has 1 amide bonds. The summed E-state index contributed by atoms with van der Waals surface area (Å²) in [4.78, 5) is 20.8. The lowest BCUT2D eigenvalue weighted by atomic mass is 10.1. The maximum absolute atomic E-state index is 12.1. The summed E-state index contributed by atoms with van der Waals surface area (Å²) in [6, 6.07) is 6.09. The number of aliphatic hydroxyl groups is 1. The third-order valence-electron chi connectivity index (χ3n) is 4.22. The molecule has 1 aromatic heterocycles. The van der Waals surface area contributed by atoms with Gasteiger partial charge < -0.3 is 10.4 Å². The Morgan fingerprint density at radius 3 is 2.96 bits per heavy atom. The molecule has 6 heteroatoms. The summed E-state index contributed by atoms with van der Waals surface area (Å²) in [5, 5.41) is 12.5. The fraction of sp³-hybridized carbons (Fsp3) is 0.647. The molecule has 1 aliphatic rings. The maximum Gasteiger partial charge on any atom is 0.234 e. The zero-order chi connectivity index (χ0) is 16.7. The van der Waals surface area contributed by atoms with Crippen molar-refractivity contribution in [2.75, 3.05) is 32.7 Å². The summed E-state index contributed by atoms with van der Waals surface area (Å²) in [7, 11) is 0. The zero-order valence-electron chi connectivity index (χ0n) is 14.1. The van der Waals surface area contributed by atoms with Gasteiger partial charge in [-0.05, 0) is 25.5 Å². The molecule has 0 radical (unpaired) electrons. The molecule has 128 valence electrons. The largest absolute Gasteiger partial charge is 0.392 e. The second kappa shape index (κ2) is 8.96. The summed E-state index contributed by atoms with van der Waals surface area (Å²) in [6.07, 6.45) is 2.45. The Bertz CT molecular complexity index is 481. The standard InChI is InChI=1S/C17H28N4O2/c1-3-16-12-20(8-9-21(16)11-14(2)22)13-17(23)19-10-15-6-4-5-7-18-15/h4-7,14,16,22H,3,8-13H2,1-2H3,(H,19,23)/t14-,16+/m1/s1. The van der Waals surface area contributed by atoms with Crippen LogP contribution in [0.15, 0.2) is 24.4 Å². The zero-order valence-corrected chi connectivity index (χ0v) is 14.1. The van der Waals surface area contributed by atoms with E-state index in [4.69, 9.17) is 0 Å². The normalized spacial score (nSPS) is 21.1. The number of carbonyl (C=O) groups excluding carboxylic acids is 1. The van der Waals surface area contributed by atoms with Gasteiger partial charge in [-0.25, -0.2) is 0 Å². The van der Waals surface area contributed by atoms with Gasteiger partial charge in [0.15, 0.2) is 0 Å². The number of hydrogen-bond acceptors (Lipinski definition) is 5. The van der Waals surface area contributed by atoms with Crippen LogP contribution < -0.4 is 5.32 Å². The van der Waals surface area contributed by atoms with Crippen molar-refractivity contribution < 1.29 is 9.90 Å². The van der Waals surface area contributed by atoms with Gasteiger partial charge in [0.2, 0.25) is 5.91 Å². The van der Waals surface area contributed by atoms with E-state index < -0.39 is 0 Å². The van der Waals surface area contributed by atoms with Gasteiger partial charge in [0, 0.05) is 38.4 Å². The lowest BCUT2D eigenvalue weighted by molar-refractivity contribution is -0.123. The Hall–Kier alpha value is -1.50. The summed E-state index contributed by atoms with van der Waals surface area (Å²) < 4.78 is 0. The van der Waals surface area contributed by atoms with Crippen LogP contribution in [0.1, 0.15) is 26.0 Å². The third-order valence-corrected chi connectivity index (χ3v) is 4.22. The number of nitrogens with one attached hydrogen (secondary N) is 1. The highest BCUT2D eigenvalue weighted by Gasteiger charge is 2.27. The number of β-amino-alcohol motifs (C(OH)–C–C–N with tert-alkyl or cyclic N) is 1. The van der Waals surface area contributed by atoms with Gasteiger partial charge in [-0.2, -0.15) is 0 Å². The van der Waals surface area contributed by atoms with E-state index in [-0.39, 0.29) is 12.0 Å². The van der Waals surface area contributed by atoms with E-state index in [1.54, 1.807) is 6.20 Å². The van der Waals surface area contributed by atoms with Crippen LogP contribution in [0.4, 0.5) is 0 Å². The van der Waals surface area contributed by atoms with Gasteiger partial charge in [-0.1, -0.05) is 13.0 Å². The van der Waals surface area contributed by atoms with Gasteiger partial charge in [0.05, 0.1) is 24.9 Å². The van der Waals surface area contributed by atoms with Crippen molar-refractivity contribution in [3.05, 3.63) is 30.1 Å². The Labute approximate surface area is 138 Å². The second-order valence-electron chi connectivity index (χ2n) is 6.24. The lowest BCUT2D eigenvalue weighted by Gasteiger charge is -2.41. The van der Waals surface area contributed by atoms with Crippen molar-refractivity contribution in [1.29, 1.82) is 0 Å². The molecule has 0 aliphatic carbocycles. The molecular formula is C17H28N4O2. The van der Waals surface area contributed by atoms with Crippen molar-refractivity contribution in [3.63, 3.8) is 0 Å². The van der Waals surface area contributed by atoms with Crippen LogP contribution in [0.5, 0.6) is 0 Å². The number of aromatic nitrogens is 1. The highest BCUT2D eigenvalue weighted by atomic mass is 16.3. The number of aliphatic hydroxyl groups excluding tert-OH is 1. The monoisotopic (exact) mass is 320 g/mol. The Morgan fingerprint density at radius 1 is 1.48 bits per heavy atom. The van der Waals surface area contributed by atoms with Crippen molar-refractivity contribution in [1.82, 2.24) is 20.1 Å². The van der Waals surface area contributed by atoms with E-state index in [9.17, 15) is 9.90 Å². The van der Waals surface area contributed by atoms with Gasteiger partial charge in [0.1, 0.15) is 0 Å². The summed E-state index contributed by atoms with van der Waals surface area (Å²) >= 11 is 0. The first-order chi connectivity index (χ1) is 11.1. The molecule has 23 heavy (non-hydrogen) atoms. The summed E-state index contributed by atoms with van der Waals surface area (Å²) in [6.45, 7) is 8.22. The van der Waals surface area contributed by atoms with Crippen LogP contribution in [0.2, 0.25) is 0 Å². The van der Waals surface area contributed by atoms with Gasteiger partial charge >= 0.3 is 0 Å². The smallest absolute Gasteiger partial charge is 0.234 e. The second-order valence-corrected chi connectivity index (χ2v) is 6.24. The predicted molar refractivity (Wildman–Crippen MR) is 89.9 cm³/mol. The van der Waals surface area contributed by atoms with E-state index in [1.807, 2.05) is 25.1 Å². The quantitative estimate of drug-likeness (QED) is 0.765. The van der Waals surface area contributed by atoms with Crippen LogP contribution in [-0.2, 0) is 11.3 Å². The number of amides is 1. The fourth-order valence-electron chi connectivity index (χ4n) is 3.02. The molecular weight excluding hydrogens is 292 g/mol. The molecule has 1 saturated heterocycles. The van der Waals surface area contributed by atoms with E-state index in [0.717, 1.165) is 31.7 Å². The van der Waals surface area contributed by atoms with Crippen molar-refractivity contribution in [2.45, 2.75) is 39.0 Å². The number of rotatable bonds is 7. The highest BCUT2D eigenvalue weighted by molar-refractivity contribution is 5.77. The van der Waals surface area contributed by atoms with E-state index >= 15 is 0 Å². The number of nitrogens with zero attached hydrogens (tertiary/aromatic N) is 3. The van der Waals surface area contributed by atoms with Crippen molar-refractivity contribution >= 4 is 5.91 Å². The van der Waals surface area contributed by atoms with Crippen LogP contribution in [0, 0.1) is 0 Å². The number of piperazine rings is 1. The van der Waals surface area contributed by atoms with E-state index in [1.165, 1.54) is 0 Å². The van der Waals surface area contributed by atoms with Gasteiger partial charge in [-0.3, -0.25) is 19.6 Å². The topological polar surface area (TPSA) is 68.7 Å². The SMILES string of the molecule is CC[C@H]1CN(CC(=O)NCc2ccccn2)CCN1C[C@@H](C)O. The first-order valence-corrected chi connectivity index (χ1v) is 8.39. The fourth-order valence-corrected chi connectivity index (χ4v) is 3.02. The molecule has 1 aliphatic heterocycles. The van der Waals surface area contributed by atoms with Crippen LogP contribution in [-0.4, -0.2) is 70.7 Å². The lowest BCUT2D eigenvalue weighted by Crippen LogP contribution is -2.55. The van der Waals surface area contributed by atoms with Gasteiger partial charge in [-0.15, -0.1) is 0 Å². The third kappa shape index (κ3) is 5.89. The average molecular weight is 320 g/mol. The first-order valence-electron chi connectivity index (χ1n) is 8.39. The minimum Gasteiger partial charge on any atom is -0.392 e. The molecule has 0 bridgehead atoms. The maximum atomic E-state index is 12.1. The molecule has 0 aromatic carbocycles. The highest BCUT2D eigenvalue weighted by Crippen LogP contribution is 2.13. The van der Waals surface area contributed by atoms with Gasteiger partial charge in [0.25, 0.3) is 0 Å². The average Bonchev–Trinajstić information content (AvgIpc) is 2.55. The van der Waals surface area contributed by atoms with Crippen molar-refractivity contribution in [3.8, 4) is 0 Å². The van der Waals surface area contributed by atoms with E-state index in [0.29, 0.717) is 25.7 Å². The molecule has 1 aromatic rings. The predicted octanol–water partition coefficient (Wildman–Crippen LogP) is 0.475. The Balaban J connectivity index is 1.76. The first kappa shape index (κ1) is 17.8. The molecule has 0 saturated carbocycles. The molecule has 2 heterocycles. The molecule has 1 fully saturated rings. The minimum atomic E-state index is -0.308. The molecule has 2 atom stereocenters.